The molecule has 0 saturated heterocycles. The van der Waals surface area contributed by atoms with Crippen molar-refractivity contribution in [3.63, 3.8) is 0 Å². The van der Waals surface area contributed by atoms with Crippen molar-refractivity contribution in [3.05, 3.63) is 53.9 Å². The zero-order chi connectivity index (χ0) is 15.5. The monoisotopic (exact) mass is 294 g/mol. The second kappa shape index (κ2) is 5.93. The van der Waals surface area contributed by atoms with E-state index >= 15 is 0 Å². The predicted octanol–water partition coefficient (Wildman–Crippen LogP) is 3.76. The molecular weight excluding hydrogens is 276 g/mol. The molecule has 4 heteroatoms. The number of fused-ring (bicyclic) bond motifs is 1. The Morgan fingerprint density at radius 2 is 1.59 bits per heavy atom. The van der Waals surface area contributed by atoms with Crippen LogP contribution < -0.4 is 9.47 Å². The maximum atomic E-state index is 5.29. The van der Waals surface area contributed by atoms with Crippen molar-refractivity contribution in [2.75, 3.05) is 14.2 Å². The van der Waals surface area contributed by atoms with Crippen LogP contribution in [0.4, 0.5) is 0 Å². The Morgan fingerprint density at radius 1 is 0.909 bits per heavy atom. The van der Waals surface area contributed by atoms with Gasteiger partial charge in [0.1, 0.15) is 11.5 Å². The average molecular weight is 294 g/mol. The quantitative estimate of drug-likeness (QED) is 0.687. The smallest absolute Gasteiger partial charge is 0.123 e. The van der Waals surface area contributed by atoms with Crippen molar-refractivity contribution < 1.29 is 9.47 Å². The first-order valence-electron chi connectivity index (χ1n) is 7.02. The van der Waals surface area contributed by atoms with Crippen LogP contribution >= 0.6 is 0 Å². The topological polar surface area (TPSA) is 36.3 Å². The molecular formula is C18H18N2O2. The normalized spacial score (nSPS) is 11.2. The van der Waals surface area contributed by atoms with Crippen molar-refractivity contribution >= 4 is 23.2 Å². The highest BCUT2D eigenvalue weighted by Crippen LogP contribution is 2.24. The zero-order valence-electron chi connectivity index (χ0n) is 12.9. The van der Waals surface area contributed by atoms with Gasteiger partial charge in [-0.15, -0.1) is 0 Å². The van der Waals surface area contributed by atoms with Gasteiger partial charge in [-0.25, -0.2) is 4.98 Å². The summed E-state index contributed by atoms with van der Waals surface area (Å²) in [6.45, 7) is 0. The summed E-state index contributed by atoms with van der Waals surface area (Å²) >= 11 is 0. The fraction of sp³-hybridized carbons (Fsp3) is 0.167. The molecule has 1 heterocycles. The van der Waals surface area contributed by atoms with Crippen LogP contribution in [0.5, 0.6) is 11.5 Å². The van der Waals surface area contributed by atoms with E-state index in [1.165, 1.54) is 0 Å². The number of hydrogen-bond donors (Lipinski definition) is 0. The van der Waals surface area contributed by atoms with Crippen molar-refractivity contribution in [2.45, 2.75) is 0 Å². The first-order valence-corrected chi connectivity index (χ1v) is 7.02. The molecule has 0 aliphatic heterocycles. The fourth-order valence-corrected chi connectivity index (χ4v) is 2.36. The summed E-state index contributed by atoms with van der Waals surface area (Å²) in [4.78, 5) is 4.33. The third kappa shape index (κ3) is 2.81. The Kier molecular flexibility index (Phi) is 3.83. The van der Waals surface area contributed by atoms with Gasteiger partial charge in [-0.05, 0) is 35.4 Å². The summed E-state index contributed by atoms with van der Waals surface area (Å²) in [7, 11) is 5.30. The molecule has 0 N–H and O–H groups in total. The van der Waals surface area contributed by atoms with Crippen molar-refractivity contribution in [1.82, 2.24) is 9.55 Å². The third-order valence-corrected chi connectivity index (χ3v) is 3.59. The van der Waals surface area contributed by atoms with Crippen molar-refractivity contribution in [1.29, 1.82) is 0 Å². The molecule has 1 aromatic heterocycles. The van der Waals surface area contributed by atoms with Gasteiger partial charge in [0.05, 0.1) is 31.6 Å². The number of imidazole rings is 1. The highest BCUT2D eigenvalue weighted by atomic mass is 16.5. The number of nitrogens with zero attached hydrogens (tertiary/aromatic N) is 2. The van der Waals surface area contributed by atoms with E-state index in [0.29, 0.717) is 0 Å². The standard InChI is InChI=1S/C18H18N2O2/c1-20-12-19-17-7-6-13(10-18(17)20)4-5-14-8-15(21-2)11-16(9-14)22-3/h4-12H,1-3H3. The van der Waals surface area contributed by atoms with Gasteiger partial charge in [-0.2, -0.15) is 0 Å². The second-order valence-corrected chi connectivity index (χ2v) is 5.08. The number of benzene rings is 2. The molecule has 0 radical (unpaired) electrons. The molecule has 0 unspecified atom stereocenters. The molecule has 0 saturated carbocycles. The third-order valence-electron chi connectivity index (χ3n) is 3.59. The van der Waals surface area contributed by atoms with Crippen molar-refractivity contribution in [2.24, 2.45) is 7.05 Å². The highest BCUT2D eigenvalue weighted by molar-refractivity contribution is 5.81. The van der Waals surface area contributed by atoms with Gasteiger partial charge in [-0.1, -0.05) is 18.2 Å². The number of aromatic nitrogens is 2. The SMILES string of the molecule is COc1cc(C=Cc2ccc3ncn(C)c3c2)cc(OC)c1. The van der Waals surface area contributed by atoms with Crippen LogP contribution in [-0.4, -0.2) is 23.8 Å². The van der Waals surface area contributed by atoms with Gasteiger partial charge in [0, 0.05) is 13.1 Å². The average Bonchev–Trinajstić information content (AvgIpc) is 2.93. The molecule has 0 atom stereocenters. The number of rotatable bonds is 4. The van der Waals surface area contributed by atoms with Crippen LogP contribution in [0.1, 0.15) is 11.1 Å². The Bertz CT molecular complexity index is 812. The van der Waals surface area contributed by atoms with E-state index in [9.17, 15) is 0 Å². The minimum absolute atomic E-state index is 0.779. The molecule has 112 valence electrons. The van der Waals surface area contributed by atoms with Gasteiger partial charge in [0.2, 0.25) is 0 Å². The van der Waals surface area contributed by atoms with Crippen LogP contribution in [0.3, 0.4) is 0 Å². The fourth-order valence-electron chi connectivity index (χ4n) is 2.36. The lowest BCUT2D eigenvalue weighted by molar-refractivity contribution is 0.394. The van der Waals surface area contributed by atoms with E-state index in [1.54, 1.807) is 14.2 Å². The molecule has 3 rings (SSSR count). The first kappa shape index (κ1) is 14.2. The Labute approximate surface area is 129 Å². The maximum absolute atomic E-state index is 5.29. The predicted molar refractivity (Wildman–Crippen MR) is 89.2 cm³/mol. The highest BCUT2D eigenvalue weighted by Gasteiger charge is 2.01. The molecule has 0 aliphatic carbocycles. The van der Waals surface area contributed by atoms with Gasteiger partial charge < -0.3 is 14.0 Å². The molecule has 22 heavy (non-hydrogen) atoms. The number of hydrogen-bond acceptors (Lipinski definition) is 3. The van der Waals surface area contributed by atoms with E-state index < -0.39 is 0 Å². The molecule has 0 spiro atoms. The van der Waals surface area contributed by atoms with Crippen LogP contribution in [-0.2, 0) is 7.05 Å². The summed E-state index contributed by atoms with van der Waals surface area (Å²) in [5.41, 5.74) is 4.27. The summed E-state index contributed by atoms with van der Waals surface area (Å²) < 4.78 is 12.6. The summed E-state index contributed by atoms with van der Waals surface area (Å²) in [5, 5.41) is 0. The lowest BCUT2D eigenvalue weighted by Gasteiger charge is -2.05. The summed E-state index contributed by atoms with van der Waals surface area (Å²) in [6.07, 6.45) is 5.94. The Balaban J connectivity index is 1.93. The van der Waals surface area contributed by atoms with Gasteiger partial charge in [0.25, 0.3) is 0 Å². The van der Waals surface area contributed by atoms with E-state index in [-0.39, 0.29) is 0 Å². The second-order valence-electron chi connectivity index (χ2n) is 5.08. The molecule has 2 aromatic carbocycles. The molecule has 0 bridgehead atoms. The number of ether oxygens (including phenoxy) is 2. The number of aryl methyl sites for hydroxylation is 1. The zero-order valence-corrected chi connectivity index (χ0v) is 12.9. The van der Waals surface area contributed by atoms with E-state index in [2.05, 4.69) is 23.2 Å². The lowest BCUT2D eigenvalue weighted by Crippen LogP contribution is -1.88. The molecule has 0 fully saturated rings. The molecule has 0 amide bonds. The van der Waals surface area contributed by atoms with Gasteiger partial charge in [-0.3, -0.25) is 0 Å². The summed E-state index contributed by atoms with van der Waals surface area (Å²) in [5.74, 6) is 1.56. The Hall–Kier alpha value is -2.75. The first-order chi connectivity index (χ1) is 10.7. The molecule has 0 aliphatic rings. The van der Waals surface area contributed by atoms with E-state index in [1.807, 2.05) is 48.3 Å². The maximum Gasteiger partial charge on any atom is 0.123 e. The summed E-state index contributed by atoms with van der Waals surface area (Å²) in [6, 6.07) is 12.0. The minimum atomic E-state index is 0.779. The van der Waals surface area contributed by atoms with Crippen LogP contribution in [0.2, 0.25) is 0 Å². The lowest BCUT2D eigenvalue weighted by atomic mass is 10.1. The van der Waals surface area contributed by atoms with E-state index in [0.717, 1.165) is 33.7 Å². The number of methoxy groups -OCH3 is 2. The van der Waals surface area contributed by atoms with Crippen LogP contribution in [0.15, 0.2) is 42.7 Å². The minimum Gasteiger partial charge on any atom is -0.497 e. The van der Waals surface area contributed by atoms with Gasteiger partial charge >= 0.3 is 0 Å². The van der Waals surface area contributed by atoms with Crippen molar-refractivity contribution in [3.8, 4) is 11.5 Å². The van der Waals surface area contributed by atoms with Gasteiger partial charge in [0.15, 0.2) is 0 Å². The Morgan fingerprint density at radius 3 is 2.27 bits per heavy atom. The molecule has 3 aromatic rings. The largest absolute Gasteiger partial charge is 0.497 e. The molecule has 4 nitrogen and oxygen atoms in total. The van der Waals surface area contributed by atoms with Crippen LogP contribution in [0, 0.1) is 0 Å². The van der Waals surface area contributed by atoms with E-state index in [4.69, 9.17) is 9.47 Å². The van der Waals surface area contributed by atoms with Crippen LogP contribution in [0.25, 0.3) is 23.2 Å².